The lowest BCUT2D eigenvalue weighted by Crippen LogP contribution is -2.23. The quantitative estimate of drug-likeness (QED) is 0.482. The summed E-state index contributed by atoms with van der Waals surface area (Å²) in [6, 6.07) is 11.5. The van der Waals surface area contributed by atoms with Gasteiger partial charge in [0.2, 0.25) is 0 Å². The maximum absolute atomic E-state index is 13.5. The number of hydrogen-bond acceptors (Lipinski definition) is 1. The Labute approximate surface area is 155 Å². The van der Waals surface area contributed by atoms with E-state index in [-0.39, 0.29) is 11.9 Å². The van der Waals surface area contributed by atoms with Crippen molar-refractivity contribution in [3.8, 4) is 0 Å². The van der Waals surface area contributed by atoms with Crippen LogP contribution >= 0.6 is 54.5 Å². The Balaban J connectivity index is 2.32. The van der Waals surface area contributed by atoms with Crippen LogP contribution in [0.25, 0.3) is 0 Å². The van der Waals surface area contributed by atoms with E-state index in [4.69, 9.17) is 0 Å². The first-order chi connectivity index (χ1) is 9.99. The molecule has 1 atom stereocenters. The Bertz CT molecular complexity index is 613. The van der Waals surface area contributed by atoms with Gasteiger partial charge in [0.1, 0.15) is 5.82 Å². The highest BCUT2D eigenvalue weighted by atomic mass is 127. The zero-order valence-corrected chi connectivity index (χ0v) is 16.8. The summed E-state index contributed by atoms with van der Waals surface area (Å²) in [6.45, 7) is 2.94. The van der Waals surface area contributed by atoms with Crippen LogP contribution in [0.4, 0.5) is 4.39 Å². The first-order valence-corrected chi connectivity index (χ1v) is 9.29. The molecule has 1 nitrogen and oxygen atoms in total. The number of hydrogen-bond donors (Lipinski definition) is 1. The Kier molecular flexibility index (Phi) is 6.65. The molecule has 0 aliphatic rings. The highest BCUT2D eigenvalue weighted by Crippen LogP contribution is 2.29. The van der Waals surface area contributed by atoms with Crippen LogP contribution in [-0.2, 0) is 6.42 Å². The Hall–Kier alpha value is 0.0200. The van der Waals surface area contributed by atoms with E-state index in [1.807, 2.05) is 6.07 Å². The average molecular weight is 527 g/mol. The van der Waals surface area contributed by atoms with Gasteiger partial charge in [-0.3, -0.25) is 0 Å². The fourth-order valence-corrected chi connectivity index (χ4v) is 3.84. The molecule has 0 bridgehead atoms. The van der Waals surface area contributed by atoms with Crippen LogP contribution < -0.4 is 5.32 Å². The molecule has 2 aromatic carbocycles. The molecule has 0 saturated carbocycles. The van der Waals surface area contributed by atoms with Gasteiger partial charge < -0.3 is 5.32 Å². The van der Waals surface area contributed by atoms with Gasteiger partial charge in [-0.1, -0.05) is 38.8 Å². The topological polar surface area (TPSA) is 12.0 Å². The highest BCUT2D eigenvalue weighted by Gasteiger charge is 2.15. The van der Waals surface area contributed by atoms with Crippen molar-refractivity contribution in [3.63, 3.8) is 0 Å². The average Bonchev–Trinajstić information content (AvgIpc) is 2.40. The summed E-state index contributed by atoms with van der Waals surface area (Å²) in [5.41, 5.74) is 2.17. The Morgan fingerprint density at radius 3 is 2.62 bits per heavy atom. The fraction of sp³-hybridized carbons (Fsp3) is 0.250. The molecule has 2 aromatic rings. The Morgan fingerprint density at radius 1 is 1.19 bits per heavy atom. The van der Waals surface area contributed by atoms with Gasteiger partial charge in [-0.2, -0.15) is 0 Å². The third-order valence-electron chi connectivity index (χ3n) is 3.15. The van der Waals surface area contributed by atoms with E-state index in [1.165, 1.54) is 15.2 Å². The third-order valence-corrected chi connectivity index (χ3v) is 5.00. The molecule has 0 spiro atoms. The summed E-state index contributed by atoms with van der Waals surface area (Å²) in [5.74, 6) is -0.212. The van der Waals surface area contributed by atoms with Gasteiger partial charge in [0, 0.05) is 18.6 Å². The normalized spacial score (nSPS) is 12.4. The molecule has 0 aromatic heterocycles. The first kappa shape index (κ1) is 17.4. The number of benzene rings is 2. The molecule has 0 saturated heterocycles. The van der Waals surface area contributed by atoms with Crippen LogP contribution in [0, 0.1) is 9.39 Å². The molecule has 21 heavy (non-hydrogen) atoms. The molecule has 2 rings (SSSR count). The summed E-state index contributed by atoms with van der Waals surface area (Å²) in [7, 11) is 0. The van der Waals surface area contributed by atoms with Gasteiger partial charge in [-0.15, -0.1) is 0 Å². The van der Waals surface area contributed by atoms with Crippen LogP contribution in [0.3, 0.4) is 0 Å². The highest BCUT2D eigenvalue weighted by molar-refractivity contribution is 14.1. The van der Waals surface area contributed by atoms with E-state index in [0.29, 0.717) is 0 Å². The molecule has 0 heterocycles. The molecule has 5 heteroatoms. The standard InChI is InChI=1S/C16H15Br2FIN/c1-2-21-16(14-9-13(20)3-4-15(14)18)7-10-5-11(17)8-12(19)6-10/h3-6,8-9,16,21H,2,7H2,1H3. The van der Waals surface area contributed by atoms with Crippen LogP contribution in [0.15, 0.2) is 45.3 Å². The molecule has 0 aliphatic heterocycles. The minimum atomic E-state index is -0.212. The monoisotopic (exact) mass is 525 g/mol. The van der Waals surface area contributed by atoms with E-state index in [9.17, 15) is 4.39 Å². The number of likely N-dealkylation sites (N-methyl/N-ethyl adjacent to an activating group) is 1. The number of nitrogens with one attached hydrogen (secondary N) is 1. The van der Waals surface area contributed by atoms with Gasteiger partial charge in [0.05, 0.1) is 0 Å². The predicted molar refractivity (Wildman–Crippen MR) is 101 cm³/mol. The largest absolute Gasteiger partial charge is 0.310 e. The predicted octanol–water partition coefficient (Wildman–Crippen LogP) is 5.85. The second-order valence-electron chi connectivity index (χ2n) is 4.76. The SMILES string of the molecule is CCNC(Cc1cc(F)cc(Br)c1)c1cc(I)ccc1Br. The van der Waals surface area contributed by atoms with Gasteiger partial charge in [0.25, 0.3) is 0 Å². The van der Waals surface area contributed by atoms with Gasteiger partial charge in [0.15, 0.2) is 0 Å². The lowest BCUT2D eigenvalue weighted by atomic mass is 9.99. The van der Waals surface area contributed by atoms with E-state index in [2.05, 4.69) is 84.9 Å². The van der Waals surface area contributed by atoms with Crippen molar-refractivity contribution in [1.29, 1.82) is 0 Å². The molecule has 0 amide bonds. The maximum atomic E-state index is 13.5. The number of halogens is 4. The van der Waals surface area contributed by atoms with Gasteiger partial charge in [-0.25, -0.2) is 4.39 Å². The fourth-order valence-electron chi connectivity index (χ4n) is 2.28. The third kappa shape index (κ3) is 5.01. The van der Waals surface area contributed by atoms with E-state index >= 15 is 0 Å². The zero-order chi connectivity index (χ0) is 15.4. The van der Waals surface area contributed by atoms with Crippen molar-refractivity contribution in [3.05, 3.63) is 65.9 Å². The molecular formula is C16H15Br2FIN. The summed E-state index contributed by atoms with van der Waals surface area (Å²) in [4.78, 5) is 0. The minimum absolute atomic E-state index is 0.146. The van der Waals surface area contributed by atoms with Crippen LogP contribution in [0.1, 0.15) is 24.1 Å². The van der Waals surface area contributed by atoms with E-state index in [0.717, 1.165) is 27.5 Å². The lowest BCUT2D eigenvalue weighted by Gasteiger charge is -2.20. The van der Waals surface area contributed by atoms with E-state index < -0.39 is 0 Å². The van der Waals surface area contributed by atoms with Crippen LogP contribution in [-0.4, -0.2) is 6.54 Å². The lowest BCUT2D eigenvalue weighted by molar-refractivity contribution is 0.544. The molecular weight excluding hydrogens is 512 g/mol. The van der Waals surface area contributed by atoms with Crippen molar-refractivity contribution in [1.82, 2.24) is 5.32 Å². The number of rotatable bonds is 5. The molecule has 0 fully saturated rings. The summed E-state index contributed by atoms with van der Waals surface area (Å²) < 4.78 is 16.6. The summed E-state index contributed by atoms with van der Waals surface area (Å²) >= 11 is 9.28. The first-order valence-electron chi connectivity index (χ1n) is 6.63. The second-order valence-corrected chi connectivity index (χ2v) is 7.77. The summed E-state index contributed by atoms with van der Waals surface area (Å²) in [6.07, 6.45) is 0.739. The molecule has 1 unspecified atom stereocenters. The minimum Gasteiger partial charge on any atom is -0.310 e. The molecule has 0 radical (unpaired) electrons. The van der Waals surface area contributed by atoms with Crippen molar-refractivity contribution < 1.29 is 4.39 Å². The summed E-state index contributed by atoms with van der Waals surface area (Å²) in [5, 5.41) is 3.48. The van der Waals surface area contributed by atoms with Crippen molar-refractivity contribution in [2.45, 2.75) is 19.4 Å². The van der Waals surface area contributed by atoms with Gasteiger partial charge in [-0.05, 0) is 83.1 Å². The molecule has 112 valence electrons. The molecule has 1 N–H and O–H groups in total. The van der Waals surface area contributed by atoms with Crippen LogP contribution in [0.5, 0.6) is 0 Å². The second kappa shape index (κ2) is 8.04. The van der Waals surface area contributed by atoms with Crippen LogP contribution in [0.2, 0.25) is 0 Å². The smallest absolute Gasteiger partial charge is 0.124 e. The van der Waals surface area contributed by atoms with Crippen molar-refractivity contribution in [2.24, 2.45) is 0 Å². The Morgan fingerprint density at radius 2 is 1.95 bits per heavy atom. The van der Waals surface area contributed by atoms with E-state index in [1.54, 1.807) is 6.07 Å². The maximum Gasteiger partial charge on any atom is 0.124 e. The van der Waals surface area contributed by atoms with Crippen molar-refractivity contribution in [2.75, 3.05) is 6.54 Å². The molecule has 0 aliphatic carbocycles. The van der Waals surface area contributed by atoms with Gasteiger partial charge >= 0.3 is 0 Å². The zero-order valence-electron chi connectivity index (χ0n) is 11.5. The van der Waals surface area contributed by atoms with Crippen molar-refractivity contribution >= 4 is 54.5 Å².